The summed E-state index contributed by atoms with van der Waals surface area (Å²) in [6.45, 7) is 0.359. The molecule has 0 saturated carbocycles. The van der Waals surface area contributed by atoms with Crippen LogP contribution in [-0.2, 0) is 4.74 Å². The Morgan fingerprint density at radius 1 is 1.34 bits per heavy atom. The number of carbonyl (C=O) groups excluding carboxylic acids is 2. The second kappa shape index (κ2) is 9.95. The average Bonchev–Trinajstić information content (AvgIpc) is 3.31. The molecule has 15 heteroatoms. The maximum atomic E-state index is 13.9. The Morgan fingerprint density at radius 3 is 2.57 bits per heavy atom. The highest BCUT2D eigenvalue weighted by atomic mass is 32.1. The lowest BCUT2D eigenvalue weighted by molar-refractivity contribution is -0.115. The minimum atomic E-state index is -4.63. The number of thiazole rings is 1. The monoisotopic (exact) mass is 528 g/mol. The molecule has 192 valence electrons. The minimum Gasteiger partial charge on any atom is -0.461 e. The lowest BCUT2D eigenvalue weighted by atomic mass is 10.1. The van der Waals surface area contributed by atoms with Crippen molar-refractivity contribution < 1.29 is 45.1 Å². The summed E-state index contributed by atoms with van der Waals surface area (Å²) in [6, 6.07) is -0.226. The molecule has 0 aromatic carbocycles. The molecule has 0 spiro atoms. The van der Waals surface area contributed by atoms with Crippen molar-refractivity contribution in [1.82, 2.24) is 14.9 Å². The molecule has 1 amide bonds. The molecule has 1 aliphatic rings. The van der Waals surface area contributed by atoms with Gasteiger partial charge in [0, 0.05) is 29.8 Å². The first-order valence-electron chi connectivity index (χ1n) is 10.2. The van der Waals surface area contributed by atoms with Crippen molar-refractivity contribution in [2.24, 2.45) is 0 Å². The van der Waals surface area contributed by atoms with Crippen molar-refractivity contribution in [3.63, 3.8) is 0 Å². The number of nitrogens with one attached hydrogen (secondary N) is 1. The van der Waals surface area contributed by atoms with Gasteiger partial charge in [-0.15, -0.1) is 11.3 Å². The van der Waals surface area contributed by atoms with Crippen LogP contribution in [0, 0.1) is 0 Å². The molecule has 0 bridgehead atoms. The van der Waals surface area contributed by atoms with E-state index in [1.807, 2.05) is 5.32 Å². The SMILES string of the molecule is CCOC(=O)c1nc(C(=O)N2CC(F)(F)CC2C)c(-c2cnc(NCC(F)(F)F)cc2C(F)F)s1. The second-order valence-corrected chi connectivity index (χ2v) is 8.68. The zero-order valence-corrected chi connectivity index (χ0v) is 19.1. The molecule has 35 heavy (non-hydrogen) atoms. The van der Waals surface area contributed by atoms with E-state index in [4.69, 9.17) is 4.74 Å². The van der Waals surface area contributed by atoms with Gasteiger partial charge in [0.25, 0.3) is 18.3 Å². The number of nitrogens with zero attached hydrogens (tertiary/aromatic N) is 3. The summed E-state index contributed by atoms with van der Waals surface area (Å²) in [7, 11) is 0. The standard InChI is InChI=1S/C20H19F7N4O3S/c1-3-34-18(33)16-30-13(17(32)31-8-19(23,24)5-9(31)2)14(35-16)11-6-28-12(4-10(11)15(21)22)29-7-20(25,26)27/h4,6,9,15H,3,5,7-8H2,1-2H3,(H,28,29). The molecule has 2 aromatic heterocycles. The van der Waals surface area contributed by atoms with Crippen LogP contribution in [0.15, 0.2) is 12.3 Å². The van der Waals surface area contributed by atoms with Gasteiger partial charge < -0.3 is 15.0 Å². The van der Waals surface area contributed by atoms with Gasteiger partial charge in [0.1, 0.15) is 18.1 Å². The van der Waals surface area contributed by atoms with Crippen molar-refractivity contribution in [2.45, 2.75) is 44.8 Å². The van der Waals surface area contributed by atoms with Crippen LogP contribution in [-0.4, -0.2) is 64.6 Å². The van der Waals surface area contributed by atoms with Crippen LogP contribution in [0.2, 0.25) is 0 Å². The van der Waals surface area contributed by atoms with Gasteiger partial charge in [-0.3, -0.25) is 4.79 Å². The Hall–Kier alpha value is -2.97. The maximum absolute atomic E-state index is 13.9. The van der Waals surface area contributed by atoms with Crippen LogP contribution in [0.5, 0.6) is 0 Å². The molecule has 1 unspecified atom stereocenters. The highest BCUT2D eigenvalue weighted by Crippen LogP contribution is 2.40. The fourth-order valence-electron chi connectivity index (χ4n) is 3.48. The van der Waals surface area contributed by atoms with E-state index in [0.717, 1.165) is 11.1 Å². The van der Waals surface area contributed by atoms with Gasteiger partial charge in [-0.25, -0.2) is 32.3 Å². The van der Waals surface area contributed by atoms with E-state index in [9.17, 15) is 40.3 Å². The normalized spacial score (nSPS) is 17.7. The van der Waals surface area contributed by atoms with Crippen LogP contribution in [0.1, 0.15) is 52.5 Å². The number of hydrogen-bond acceptors (Lipinski definition) is 7. The third-order valence-electron chi connectivity index (χ3n) is 4.95. The third-order valence-corrected chi connectivity index (χ3v) is 6.02. The zero-order valence-electron chi connectivity index (χ0n) is 18.3. The molecule has 1 saturated heterocycles. The number of aromatic nitrogens is 2. The number of hydrogen-bond donors (Lipinski definition) is 1. The minimum absolute atomic E-state index is 0.0597. The molecule has 1 atom stereocenters. The van der Waals surface area contributed by atoms with E-state index in [-0.39, 0.29) is 22.1 Å². The topological polar surface area (TPSA) is 84.4 Å². The molecule has 0 radical (unpaired) electrons. The number of pyridine rings is 1. The van der Waals surface area contributed by atoms with Crippen molar-refractivity contribution in [2.75, 3.05) is 25.0 Å². The summed E-state index contributed by atoms with van der Waals surface area (Å²) >= 11 is 0.510. The fraction of sp³-hybridized carbons (Fsp3) is 0.500. The molecule has 0 aliphatic carbocycles. The predicted octanol–water partition coefficient (Wildman–Crippen LogP) is 5.16. The quantitative estimate of drug-likeness (QED) is 0.395. The first kappa shape index (κ1) is 26.6. The van der Waals surface area contributed by atoms with Gasteiger partial charge >= 0.3 is 12.1 Å². The van der Waals surface area contributed by atoms with Crippen LogP contribution >= 0.6 is 11.3 Å². The van der Waals surface area contributed by atoms with Gasteiger partial charge in [-0.1, -0.05) is 0 Å². The van der Waals surface area contributed by atoms with E-state index in [1.165, 1.54) is 13.8 Å². The van der Waals surface area contributed by atoms with Gasteiger partial charge in [0.2, 0.25) is 5.01 Å². The molecule has 1 fully saturated rings. The largest absolute Gasteiger partial charge is 0.461 e. The lowest BCUT2D eigenvalue weighted by Crippen LogP contribution is -2.35. The molecule has 2 aromatic rings. The van der Waals surface area contributed by atoms with E-state index in [0.29, 0.717) is 17.4 Å². The van der Waals surface area contributed by atoms with E-state index >= 15 is 0 Å². The van der Waals surface area contributed by atoms with Crippen LogP contribution in [0.25, 0.3) is 10.4 Å². The number of halogens is 7. The smallest absolute Gasteiger partial charge is 0.405 e. The highest BCUT2D eigenvalue weighted by molar-refractivity contribution is 7.17. The highest BCUT2D eigenvalue weighted by Gasteiger charge is 2.46. The first-order valence-corrected chi connectivity index (χ1v) is 11.0. The number of amides is 1. The third kappa shape index (κ3) is 6.18. The number of likely N-dealkylation sites (tertiary alicyclic amines) is 1. The molecule has 1 aliphatic heterocycles. The lowest BCUT2D eigenvalue weighted by Gasteiger charge is -2.20. The number of carbonyl (C=O) groups is 2. The summed E-state index contributed by atoms with van der Waals surface area (Å²) < 4.78 is 97.7. The fourth-order valence-corrected chi connectivity index (χ4v) is 4.46. The number of anilines is 1. The summed E-state index contributed by atoms with van der Waals surface area (Å²) in [5.74, 6) is -5.66. The van der Waals surface area contributed by atoms with Crippen molar-refractivity contribution >= 4 is 29.0 Å². The summed E-state index contributed by atoms with van der Waals surface area (Å²) in [5, 5.41) is 1.50. The molecule has 3 heterocycles. The van der Waals surface area contributed by atoms with E-state index < -0.39 is 73.0 Å². The van der Waals surface area contributed by atoms with Gasteiger partial charge in [-0.05, 0) is 19.9 Å². The molecule has 3 rings (SSSR count). The van der Waals surface area contributed by atoms with Crippen LogP contribution in [0.3, 0.4) is 0 Å². The van der Waals surface area contributed by atoms with Crippen molar-refractivity contribution in [3.8, 4) is 10.4 Å². The molecular formula is C20H19F7N4O3S. The molecule has 7 nitrogen and oxygen atoms in total. The number of ether oxygens (including phenoxy) is 1. The maximum Gasteiger partial charge on any atom is 0.405 e. The Kier molecular flexibility index (Phi) is 7.57. The predicted molar refractivity (Wildman–Crippen MR) is 111 cm³/mol. The van der Waals surface area contributed by atoms with Gasteiger partial charge in [0.15, 0.2) is 0 Å². The van der Waals surface area contributed by atoms with Gasteiger partial charge in [0.05, 0.1) is 18.0 Å². The van der Waals surface area contributed by atoms with E-state index in [2.05, 4.69) is 9.97 Å². The molecular weight excluding hydrogens is 509 g/mol. The average molecular weight is 528 g/mol. The number of rotatable bonds is 7. The van der Waals surface area contributed by atoms with E-state index in [1.54, 1.807) is 0 Å². The molecule has 1 N–H and O–H groups in total. The van der Waals surface area contributed by atoms with Crippen molar-refractivity contribution in [1.29, 1.82) is 0 Å². The summed E-state index contributed by atoms with van der Waals surface area (Å²) in [4.78, 5) is 33.5. The Balaban J connectivity index is 2.09. The van der Waals surface area contributed by atoms with Crippen LogP contribution < -0.4 is 5.32 Å². The Labute approximate surface area is 198 Å². The summed E-state index contributed by atoms with van der Waals surface area (Å²) in [5.41, 5.74) is -1.72. The first-order chi connectivity index (χ1) is 16.2. The Bertz CT molecular complexity index is 1110. The Morgan fingerprint density at radius 2 is 2.03 bits per heavy atom. The van der Waals surface area contributed by atoms with Gasteiger partial charge in [-0.2, -0.15) is 13.2 Å². The van der Waals surface area contributed by atoms with Crippen LogP contribution in [0.4, 0.5) is 36.6 Å². The van der Waals surface area contributed by atoms with Crippen molar-refractivity contribution in [3.05, 3.63) is 28.5 Å². The summed E-state index contributed by atoms with van der Waals surface area (Å²) in [6.07, 6.45) is -7.66. The number of esters is 1. The second-order valence-electron chi connectivity index (χ2n) is 7.69. The zero-order chi connectivity index (χ0) is 26.1. The number of alkyl halides is 7.